The number of alkyl halides is 3. The van der Waals surface area contributed by atoms with Gasteiger partial charge in [-0.05, 0) is 59.3 Å². The smallest absolute Gasteiger partial charge is 0.254 e. The van der Waals surface area contributed by atoms with Crippen LogP contribution in [0.3, 0.4) is 0 Å². The third-order valence-electron chi connectivity index (χ3n) is 4.28. The molecule has 1 aliphatic rings. The van der Waals surface area contributed by atoms with Gasteiger partial charge in [0.05, 0.1) is 11.1 Å². The van der Waals surface area contributed by atoms with Gasteiger partial charge in [0.25, 0.3) is 5.91 Å². The second kappa shape index (κ2) is 8.59. The number of thiophene rings is 1. The van der Waals surface area contributed by atoms with Gasteiger partial charge < -0.3 is 10.6 Å². The SMILES string of the molecule is N#Cc1c(N[C@@H](NC(=O)c2ccccc2Br)C(Cl)(Cl)Cl)sc2c1CCCC2. The molecule has 1 aliphatic carbocycles. The third kappa shape index (κ3) is 4.72. The molecule has 1 amide bonds. The lowest BCUT2D eigenvalue weighted by Gasteiger charge is -2.27. The number of nitriles is 1. The van der Waals surface area contributed by atoms with Crippen LogP contribution in [-0.2, 0) is 12.8 Å². The molecule has 1 atom stereocenters. The van der Waals surface area contributed by atoms with Gasteiger partial charge in [0.1, 0.15) is 17.2 Å². The van der Waals surface area contributed by atoms with E-state index in [-0.39, 0.29) is 0 Å². The molecule has 142 valence electrons. The molecular formula is C18H15BrCl3N3OS. The second-order valence-corrected chi connectivity index (χ2v) is 10.4. The van der Waals surface area contributed by atoms with Gasteiger partial charge in [0, 0.05) is 9.35 Å². The molecule has 3 rings (SSSR count). The number of aryl methyl sites for hydroxylation is 1. The molecule has 0 aliphatic heterocycles. The summed E-state index contributed by atoms with van der Waals surface area (Å²) in [7, 11) is 0. The number of hydrogen-bond donors (Lipinski definition) is 2. The van der Waals surface area contributed by atoms with E-state index in [1.165, 1.54) is 16.2 Å². The van der Waals surface area contributed by atoms with Crippen LogP contribution in [0.1, 0.15) is 39.2 Å². The number of amides is 1. The fraction of sp³-hybridized carbons (Fsp3) is 0.333. The van der Waals surface area contributed by atoms with Gasteiger partial charge in [0.2, 0.25) is 3.79 Å². The summed E-state index contributed by atoms with van der Waals surface area (Å²) < 4.78 is -1.18. The third-order valence-corrected chi connectivity index (χ3v) is 6.85. The summed E-state index contributed by atoms with van der Waals surface area (Å²) in [5.41, 5.74) is 2.06. The average molecular weight is 508 g/mol. The molecule has 1 aromatic heterocycles. The van der Waals surface area contributed by atoms with Crippen molar-refractivity contribution in [2.24, 2.45) is 0 Å². The Kier molecular flexibility index (Phi) is 6.60. The Morgan fingerprint density at radius 2 is 1.96 bits per heavy atom. The van der Waals surface area contributed by atoms with Crippen LogP contribution in [0.5, 0.6) is 0 Å². The van der Waals surface area contributed by atoms with E-state index in [0.717, 1.165) is 31.2 Å². The van der Waals surface area contributed by atoms with Gasteiger partial charge in [-0.15, -0.1) is 11.3 Å². The Bertz CT molecular complexity index is 904. The predicted octanol–water partition coefficient (Wildman–Crippen LogP) is 5.80. The van der Waals surface area contributed by atoms with Crippen molar-refractivity contribution in [3.8, 4) is 6.07 Å². The average Bonchev–Trinajstić information content (AvgIpc) is 2.97. The number of rotatable bonds is 4. The maximum Gasteiger partial charge on any atom is 0.254 e. The summed E-state index contributed by atoms with van der Waals surface area (Å²) in [5.74, 6) is -0.397. The minimum atomic E-state index is -1.81. The Morgan fingerprint density at radius 1 is 1.26 bits per heavy atom. The minimum Gasteiger partial charge on any atom is -0.352 e. The first-order valence-corrected chi connectivity index (χ1v) is 11.0. The number of hydrogen-bond acceptors (Lipinski definition) is 4. The van der Waals surface area contributed by atoms with E-state index in [1.54, 1.807) is 24.3 Å². The highest BCUT2D eigenvalue weighted by Gasteiger charge is 2.36. The van der Waals surface area contributed by atoms with Crippen molar-refractivity contribution in [2.45, 2.75) is 35.6 Å². The lowest BCUT2D eigenvalue weighted by atomic mass is 9.96. The summed E-state index contributed by atoms with van der Waals surface area (Å²) in [4.78, 5) is 13.8. The number of halogens is 4. The van der Waals surface area contributed by atoms with Crippen LogP contribution in [0, 0.1) is 11.3 Å². The van der Waals surface area contributed by atoms with Crippen LogP contribution in [0.25, 0.3) is 0 Å². The minimum absolute atomic E-state index is 0.397. The van der Waals surface area contributed by atoms with Crippen LogP contribution in [0.2, 0.25) is 0 Å². The largest absolute Gasteiger partial charge is 0.352 e. The van der Waals surface area contributed by atoms with E-state index in [9.17, 15) is 10.1 Å². The maximum atomic E-state index is 12.6. The highest BCUT2D eigenvalue weighted by Crippen LogP contribution is 2.40. The Hall–Kier alpha value is -0.970. The predicted molar refractivity (Wildman–Crippen MR) is 115 cm³/mol. The number of nitrogens with one attached hydrogen (secondary N) is 2. The zero-order valence-electron chi connectivity index (χ0n) is 14.0. The molecule has 9 heteroatoms. The number of fused-ring (bicyclic) bond motifs is 1. The molecule has 1 heterocycles. The first kappa shape index (κ1) is 20.8. The van der Waals surface area contributed by atoms with Gasteiger partial charge in [-0.1, -0.05) is 46.9 Å². The van der Waals surface area contributed by atoms with Crippen LogP contribution >= 0.6 is 62.1 Å². The van der Waals surface area contributed by atoms with Crippen molar-refractivity contribution in [3.63, 3.8) is 0 Å². The number of anilines is 1. The quantitative estimate of drug-likeness (QED) is 0.406. The highest BCUT2D eigenvalue weighted by molar-refractivity contribution is 9.10. The Labute approximate surface area is 184 Å². The van der Waals surface area contributed by atoms with Crippen LogP contribution in [0.4, 0.5) is 5.00 Å². The summed E-state index contributed by atoms with van der Waals surface area (Å²) in [6, 6.07) is 9.23. The van der Waals surface area contributed by atoms with Crippen molar-refractivity contribution < 1.29 is 4.79 Å². The molecule has 27 heavy (non-hydrogen) atoms. The molecule has 0 unspecified atom stereocenters. The molecule has 0 radical (unpaired) electrons. The normalized spacial score (nSPS) is 14.8. The van der Waals surface area contributed by atoms with Crippen LogP contribution < -0.4 is 10.6 Å². The number of carbonyl (C=O) groups is 1. The molecule has 4 nitrogen and oxygen atoms in total. The molecule has 2 aromatic rings. The van der Waals surface area contributed by atoms with E-state index in [1.807, 2.05) is 0 Å². The topological polar surface area (TPSA) is 64.9 Å². The Balaban J connectivity index is 1.87. The zero-order chi connectivity index (χ0) is 19.6. The molecule has 0 fully saturated rings. The van der Waals surface area contributed by atoms with E-state index < -0.39 is 15.9 Å². The molecule has 0 saturated carbocycles. The lowest BCUT2D eigenvalue weighted by Crippen LogP contribution is -2.49. The van der Waals surface area contributed by atoms with Crippen LogP contribution in [-0.4, -0.2) is 15.9 Å². The number of nitrogens with zero attached hydrogens (tertiary/aromatic N) is 1. The first-order chi connectivity index (χ1) is 12.8. The summed E-state index contributed by atoms with van der Waals surface area (Å²) in [6.07, 6.45) is 2.97. The fourth-order valence-electron chi connectivity index (χ4n) is 2.97. The molecule has 1 aromatic carbocycles. The van der Waals surface area contributed by atoms with E-state index in [2.05, 4.69) is 32.6 Å². The summed E-state index contributed by atoms with van der Waals surface area (Å²) in [5, 5.41) is 16.0. The monoisotopic (exact) mass is 505 g/mol. The van der Waals surface area contributed by atoms with Gasteiger partial charge in [-0.2, -0.15) is 5.26 Å². The van der Waals surface area contributed by atoms with Crippen molar-refractivity contribution in [1.82, 2.24) is 5.32 Å². The molecule has 0 spiro atoms. The summed E-state index contributed by atoms with van der Waals surface area (Å²) in [6.45, 7) is 0. The summed E-state index contributed by atoms with van der Waals surface area (Å²) >= 11 is 23.1. The Morgan fingerprint density at radius 3 is 2.63 bits per heavy atom. The van der Waals surface area contributed by atoms with Crippen molar-refractivity contribution in [1.29, 1.82) is 5.26 Å². The van der Waals surface area contributed by atoms with Gasteiger partial charge >= 0.3 is 0 Å². The maximum absolute atomic E-state index is 12.6. The molecular weight excluding hydrogens is 493 g/mol. The standard InChI is InChI=1S/C18H15BrCl3N3OS/c19-13-7-3-1-6-11(13)15(26)24-17(18(20,21)22)25-16-12(9-23)10-5-2-4-8-14(10)27-16/h1,3,6-7,17,25H,2,4-5,8H2,(H,24,26)/t17-/m1/s1. The number of carbonyl (C=O) groups excluding carboxylic acids is 1. The molecule has 0 saturated heterocycles. The fourth-order valence-corrected chi connectivity index (χ4v) is 5.03. The number of benzene rings is 1. The van der Waals surface area contributed by atoms with E-state index >= 15 is 0 Å². The zero-order valence-corrected chi connectivity index (χ0v) is 18.7. The second-order valence-electron chi connectivity index (χ2n) is 6.10. The van der Waals surface area contributed by atoms with Gasteiger partial charge in [-0.3, -0.25) is 4.79 Å². The van der Waals surface area contributed by atoms with E-state index in [4.69, 9.17) is 34.8 Å². The lowest BCUT2D eigenvalue weighted by molar-refractivity contribution is 0.0941. The van der Waals surface area contributed by atoms with Gasteiger partial charge in [0.15, 0.2) is 0 Å². The van der Waals surface area contributed by atoms with Crippen molar-refractivity contribution in [3.05, 3.63) is 50.3 Å². The molecule has 2 N–H and O–H groups in total. The van der Waals surface area contributed by atoms with Crippen molar-refractivity contribution in [2.75, 3.05) is 5.32 Å². The highest BCUT2D eigenvalue weighted by atomic mass is 79.9. The van der Waals surface area contributed by atoms with Crippen molar-refractivity contribution >= 4 is 73.0 Å². The van der Waals surface area contributed by atoms with E-state index in [0.29, 0.717) is 20.6 Å². The van der Waals surface area contributed by atoms with Crippen LogP contribution in [0.15, 0.2) is 28.7 Å². The molecule has 0 bridgehead atoms. The first-order valence-electron chi connectivity index (χ1n) is 8.24. The van der Waals surface area contributed by atoms with Gasteiger partial charge in [-0.25, -0.2) is 0 Å².